The number of carbonyl (C=O) groups is 2. The third-order valence-electron chi connectivity index (χ3n) is 4.77. The van der Waals surface area contributed by atoms with Crippen LogP contribution in [0.1, 0.15) is 21.6 Å². The van der Waals surface area contributed by atoms with Gasteiger partial charge in [-0.2, -0.15) is 13.2 Å². The summed E-state index contributed by atoms with van der Waals surface area (Å²) < 4.78 is 44.7. The van der Waals surface area contributed by atoms with E-state index in [0.717, 1.165) is 17.7 Å². The lowest BCUT2D eigenvalue weighted by Crippen LogP contribution is -2.30. The molecule has 0 aliphatic rings. The van der Waals surface area contributed by atoms with Gasteiger partial charge in [-0.3, -0.25) is 9.78 Å². The van der Waals surface area contributed by atoms with Crippen LogP contribution in [0.3, 0.4) is 0 Å². The molecule has 0 radical (unpaired) electrons. The molecular weight excluding hydrogens is 499 g/mol. The number of nitrogens with one attached hydrogen (secondary N) is 4. The lowest BCUT2D eigenvalue weighted by Gasteiger charge is -2.12. The molecule has 3 amide bonds. The maximum atomic E-state index is 13.0. The highest BCUT2D eigenvalue weighted by atomic mass is 35.5. The molecule has 190 valence electrons. The summed E-state index contributed by atoms with van der Waals surface area (Å²) >= 11 is 5.59. The normalized spacial score (nSPS) is 11.0. The molecule has 0 saturated carbocycles. The van der Waals surface area contributed by atoms with Crippen LogP contribution in [-0.4, -0.2) is 37.1 Å². The average molecular weight is 522 g/mol. The standard InChI is InChI=1S/C24H23ClF3N5O3/c1-29-10-11-31-22(34)21-13-18(8-9-30-21)36-17-5-2-15(3-6-17)14-32-23(35)33-16-4-7-20(25)19(12-16)24(26,27)28/h2-9,12-13,29H,10-11,14H2,1H3,(H,31,34)(H2,32,33,35). The Morgan fingerprint density at radius 2 is 1.72 bits per heavy atom. The molecule has 2 aromatic carbocycles. The smallest absolute Gasteiger partial charge is 0.417 e. The van der Waals surface area contributed by atoms with E-state index in [0.29, 0.717) is 24.6 Å². The number of benzene rings is 2. The van der Waals surface area contributed by atoms with Crippen LogP contribution in [0.5, 0.6) is 11.5 Å². The van der Waals surface area contributed by atoms with Gasteiger partial charge in [0.15, 0.2) is 0 Å². The molecule has 3 rings (SSSR count). The lowest BCUT2D eigenvalue weighted by molar-refractivity contribution is -0.137. The highest BCUT2D eigenvalue weighted by Gasteiger charge is 2.33. The Balaban J connectivity index is 1.53. The van der Waals surface area contributed by atoms with Crippen molar-refractivity contribution < 1.29 is 27.5 Å². The second-order valence-electron chi connectivity index (χ2n) is 7.48. The van der Waals surface area contributed by atoms with Gasteiger partial charge in [0.2, 0.25) is 0 Å². The van der Waals surface area contributed by atoms with Gasteiger partial charge in [-0.05, 0) is 49.0 Å². The maximum Gasteiger partial charge on any atom is 0.417 e. The fourth-order valence-corrected chi connectivity index (χ4v) is 3.20. The SMILES string of the molecule is CNCCNC(=O)c1cc(Oc2ccc(CNC(=O)Nc3ccc(Cl)c(C(F)(F)F)c3)cc2)ccn1. The van der Waals surface area contributed by atoms with Gasteiger partial charge in [0.25, 0.3) is 5.91 Å². The number of hydrogen-bond donors (Lipinski definition) is 4. The fourth-order valence-electron chi connectivity index (χ4n) is 2.98. The van der Waals surface area contributed by atoms with Crippen molar-refractivity contribution in [3.63, 3.8) is 0 Å². The Bertz CT molecular complexity index is 1210. The minimum atomic E-state index is -4.63. The van der Waals surface area contributed by atoms with Gasteiger partial charge >= 0.3 is 12.2 Å². The van der Waals surface area contributed by atoms with Gasteiger partial charge in [-0.25, -0.2) is 4.79 Å². The van der Waals surface area contributed by atoms with E-state index in [1.807, 2.05) is 0 Å². The minimum Gasteiger partial charge on any atom is -0.457 e. The summed E-state index contributed by atoms with van der Waals surface area (Å²) in [6.45, 7) is 1.22. The Kier molecular flexibility index (Phi) is 9.09. The first-order valence-corrected chi connectivity index (χ1v) is 11.1. The number of nitrogens with zero attached hydrogens (tertiary/aromatic N) is 1. The van der Waals surface area contributed by atoms with Crippen LogP contribution in [-0.2, 0) is 12.7 Å². The van der Waals surface area contributed by atoms with Gasteiger partial charge in [-0.1, -0.05) is 23.7 Å². The zero-order valence-electron chi connectivity index (χ0n) is 19.1. The van der Waals surface area contributed by atoms with Gasteiger partial charge in [0.1, 0.15) is 17.2 Å². The Morgan fingerprint density at radius 3 is 2.42 bits per heavy atom. The van der Waals surface area contributed by atoms with E-state index in [9.17, 15) is 22.8 Å². The Hall–Kier alpha value is -3.83. The molecule has 0 aliphatic carbocycles. The number of pyridine rings is 1. The quantitative estimate of drug-likeness (QED) is 0.302. The van der Waals surface area contributed by atoms with Crippen molar-refractivity contribution in [3.8, 4) is 11.5 Å². The van der Waals surface area contributed by atoms with Crippen LogP contribution in [0.25, 0.3) is 0 Å². The second-order valence-corrected chi connectivity index (χ2v) is 7.89. The van der Waals surface area contributed by atoms with Gasteiger partial charge in [0, 0.05) is 37.6 Å². The van der Waals surface area contributed by atoms with Crippen molar-refractivity contribution in [2.24, 2.45) is 0 Å². The number of amides is 3. The highest BCUT2D eigenvalue weighted by Crippen LogP contribution is 2.36. The van der Waals surface area contributed by atoms with Crippen LogP contribution in [0, 0.1) is 0 Å². The van der Waals surface area contributed by atoms with E-state index in [2.05, 4.69) is 26.3 Å². The number of rotatable bonds is 9. The molecule has 3 aromatic rings. The summed E-state index contributed by atoms with van der Waals surface area (Å²) in [5.74, 6) is 0.607. The molecule has 1 aromatic heterocycles. The molecular formula is C24H23ClF3N5O3. The summed E-state index contributed by atoms with van der Waals surface area (Å²) in [7, 11) is 1.78. The lowest BCUT2D eigenvalue weighted by atomic mass is 10.2. The second kappa shape index (κ2) is 12.2. The van der Waals surface area contributed by atoms with Crippen molar-refractivity contribution in [1.29, 1.82) is 0 Å². The number of anilines is 1. The molecule has 8 nitrogen and oxygen atoms in total. The number of urea groups is 1. The number of carbonyl (C=O) groups excluding carboxylic acids is 2. The molecule has 36 heavy (non-hydrogen) atoms. The molecule has 0 bridgehead atoms. The number of alkyl halides is 3. The van der Waals surface area contributed by atoms with Crippen LogP contribution < -0.4 is 26.0 Å². The van der Waals surface area contributed by atoms with E-state index < -0.39 is 22.8 Å². The van der Waals surface area contributed by atoms with Gasteiger partial charge in [-0.15, -0.1) is 0 Å². The largest absolute Gasteiger partial charge is 0.457 e. The van der Waals surface area contributed by atoms with Crippen molar-refractivity contribution in [1.82, 2.24) is 20.9 Å². The number of ether oxygens (including phenoxy) is 1. The third-order valence-corrected chi connectivity index (χ3v) is 5.10. The Labute approximate surface area is 210 Å². The molecule has 0 saturated heterocycles. The Morgan fingerprint density at radius 1 is 0.972 bits per heavy atom. The highest BCUT2D eigenvalue weighted by molar-refractivity contribution is 6.31. The molecule has 0 unspecified atom stereocenters. The average Bonchev–Trinajstić information content (AvgIpc) is 2.84. The van der Waals surface area contributed by atoms with Crippen molar-refractivity contribution in [2.45, 2.75) is 12.7 Å². The topological polar surface area (TPSA) is 104 Å². The summed E-state index contributed by atoms with van der Waals surface area (Å²) in [5, 5.41) is 10.1. The summed E-state index contributed by atoms with van der Waals surface area (Å²) in [6, 6.07) is 12.4. The molecule has 4 N–H and O–H groups in total. The molecule has 1 heterocycles. The van der Waals surface area contributed by atoms with Crippen molar-refractivity contribution in [3.05, 3.63) is 82.6 Å². The van der Waals surface area contributed by atoms with Crippen LogP contribution in [0.2, 0.25) is 5.02 Å². The third kappa shape index (κ3) is 7.85. The predicted molar refractivity (Wildman–Crippen MR) is 129 cm³/mol. The molecule has 0 atom stereocenters. The first kappa shape index (κ1) is 26.8. The van der Waals surface area contributed by atoms with Crippen LogP contribution in [0.15, 0.2) is 60.8 Å². The first-order chi connectivity index (χ1) is 17.2. The number of hydrogen-bond acceptors (Lipinski definition) is 5. The maximum absolute atomic E-state index is 13.0. The number of likely N-dealkylation sites (N-methyl/N-ethyl adjacent to an activating group) is 1. The zero-order valence-corrected chi connectivity index (χ0v) is 19.8. The molecule has 12 heteroatoms. The fraction of sp³-hybridized carbons (Fsp3) is 0.208. The molecule has 0 spiro atoms. The monoisotopic (exact) mass is 521 g/mol. The summed E-state index contributed by atoms with van der Waals surface area (Å²) in [5.41, 5.74) is -0.129. The van der Waals surface area contributed by atoms with Crippen LogP contribution >= 0.6 is 11.6 Å². The van der Waals surface area contributed by atoms with Crippen molar-refractivity contribution in [2.75, 3.05) is 25.5 Å². The minimum absolute atomic E-state index is 0.0413. The van der Waals surface area contributed by atoms with E-state index in [1.165, 1.54) is 18.3 Å². The first-order valence-electron chi connectivity index (χ1n) is 10.7. The van der Waals surface area contributed by atoms with E-state index in [-0.39, 0.29) is 23.8 Å². The van der Waals surface area contributed by atoms with E-state index in [4.69, 9.17) is 16.3 Å². The summed E-state index contributed by atoms with van der Waals surface area (Å²) in [4.78, 5) is 28.3. The van der Waals surface area contributed by atoms with Crippen LogP contribution in [0.4, 0.5) is 23.7 Å². The van der Waals surface area contributed by atoms with Gasteiger partial charge in [0.05, 0.1) is 10.6 Å². The molecule has 0 aliphatic heterocycles. The zero-order chi connectivity index (χ0) is 26.1. The van der Waals surface area contributed by atoms with Crippen molar-refractivity contribution >= 4 is 29.2 Å². The number of halogens is 4. The van der Waals surface area contributed by atoms with E-state index >= 15 is 0 Å². The summed E-state index contributed by atoms with van der Waals surface area (Å²) in [6.07, 6.45) is -3.16. The number of aromatic nitrogens is 1. The molecule has 0 fully saturated rings. The van der Waals surface area contributed by atoms with E-state index in [1.54, 1.807) is 37.4 Å². The predicted octanol–water partition coefficient (Wildman–Crippen LogP) is 4.82. The van der Waals surface area contributed by atoms with Gasteiger partial charge < -0.3 is 26.0 Å².